The molecule has 2 rings (SSSR count). The number of aromatic nitrogens is 3. The van der Waals surface area contributed by atoms with Gasteiger partial charge in [0.25, 0.3) is 11.8 Å². The summed E-state index contributed by atoms with van der Waals surface area (Å²) >= 11 is 0. The van der Waals surface area contributed by atoms with Gasteiger partial charge in [-0.2, -0.15) is 9.37 Å². The van der Waals surface area contributed by atoms with Crippen molar-refractivity contribution in [2.24, 2.45) is 0 Å². The minimum atomic E-state index is -1.06. The first-order valence-corrected chi connectivity index (χ1v) is 3.95. The summed E-state index contributed by atoms with van der Waals surface area (Å²) in [6.07, 6.45) is 2.52. The number of ether oxygens (including phenoxy) is 1. The van der Waals surface area contributed by atoms with Crippen molar-refractivity contribution >= 4 is 11.6 Å². The zero-order valence-electron chi connectivity index (χ0n) is 7.64. The predicted octanol–water partition coefficient (Wildman–Crippen LogP) is 0.361. The van der Waals surface area contributed by atoms with Crippen molar-refractivity contribution in [3.8, 4) is 5.88 Å². The molecule has 0 bridgehead atoms. The van der Waals surface area contributed by atoms with E-state index in [1.165, 1.54) is 19.5 Å². The number of carbonyl (C=O) groups is 1. The molecule has 0 fully saturated rings. The van der Waals surface area contributed by atoms with Crippen LogP contribution in [0.3, 0.4) is 0 Å². The number of fused-ring (bicyclic) bond motifs is 1. The molecule has 2 aromatic heterocycles. The van der Waals surface area contributed by atoms with Gasteiger partial charge in [-0.15, -0.1) is 0 Å². The molecule has 0 aliphatic carbocycles. The summed E-state index contributed by atoms with van der Waals surface area (Å²) in [6.45, 7) is 0. The second-order valence-corrected chi connectivity index (χ2v) is 2.69. The maximum absolute atomic E-state index is 12.9. The molecule has 2 aromatic rings. The molecule has 6 nitrogen and oxygen atoms in total. The van der Waals surface area contributed by atoms with Gasteiger partial charge in [-0.1, -0.05) is 0 Å². The van der Waals surface area contributed by atoms with E-state index in [0.717, 1.165) is 4.40 Å². The molecule has 0 saturated carbocycles. The molecule has 0 saturated heterocycles. The van der Waals surface area contributed by atoms with Crippen LogP contribution in [-0.4, -0.2) is 32.6 Å². The second kappa shape index (κ2) is 3.19. The van der Waals surface area contributed by atoms with E-state index in [1.54, 1.807) is 0 Å². The van der Waals surface area contributed by atoms with Crippen molar-refractivity contribution in [2.75, 3.05) is 7.11 Å². The van der Waals surface area contributed by atoms with E-state index < -0.39 is 17.8 Å². The zero-order valence-corrected chi connectivity index (χ0v) is 7.64. The van der Waals surface area contributed by atoms with Crippen LogP contribution in [0.15, 0.2) is 12.4 Å². The minimum absolute atomic E-state index is 0.0839. The highest BCUT2D eigenvalue weighted by Crippen LogP contribution is 2.18. The first-order valence-electron chi connectivity index (χ1n) is 3.95. The number of hydrogen-bond donors (Lipinski definition) is 1. The molecular formula is C8H6FN3O3. The lowest BCUT2D eigenvalue weighted by Crippen LogP contribution is -2.06. The number of aromatic hydroxyl groups is 1. The lowest BCUT2D eigenvalue weighted by atomic mass is 10.4. The molecule has 2 heterocycles. The Hall–Kier alpha value is -2.18. The van der Waals surface area contributed by atoms with E-state index >= 15 is 0 Å². The van der Waals surface area contributed by atoms with E-state index in [1.807, 2.05) is 0 Å². The third-order valence-corrected chi connectivity index (χ3v) is 1.85. The summed E-state index contributed by atoms with van der Waals surface area (Å²) in [7, 11) is 1.17. The molecule has 0 aromatic carbocycles. The van der Waals surface area contributed by atoms with Gasteiger partial charge < -0.3 is 9.84 Å². The summed E-state index contributed by atoms with van der Waals surface area (Å²) in [5.41, 5.74) is -0.237. The topological polar surface area (TPSA) is 76.7 Å². The van der Waals surface area contributed by atoms with Crippen molar-refractivity contribution in [2.45, 2.75) is 0 Å². The summed E-state index contributed by atoms with van der Waals surface area (Å²) in [5, 5.41) is 9.22. The van der Waals surface area contributed by atoms with E-state index in [4.69, 9.17) is 0 Å². The molecule has 78 valence electrons. The predicted molar refractivity (Wildman–Crippen MR) is 45.9 cm³/mol. The average molecular weight is 211 g/mol. The monoisotopic (exact) mass is 211 g/mol. The van der Waals surface area contributed by atoms with Gasteiger partial charge in [0.15, 0.2) is 11.3 Å². The van der Waals surface area contributed by atoms with Gasteiger partial charge in [0, 0.05) is 12.4 Å². The SMILES string of the molecule is COC(=O)c1nccn2c(O)c(F)nc12. The van der Waals surface area contributed by atoms with Crippen LogP contribution in [0.5, 0.6) is 5.88 Å². The Kier molecular flexibility index (Phi) is 2.00. The normalized spacial score (nSPS) is 10.5. The van der Waals surface area contributed by atoms with Crippen molar-refractivity contribution < 1.29 is 19.0 Å². The molecule has 15 heavy (non-hydrogen) atoms. The Labute approximate surface area is 83.0 Å². The number of imidazole rings is 1. The van der Waals surface area contributed by atoms with Crippen molar-refractivity contribution in [1.29, 1.82) is 0 Å². The molecular weight excluding hydrogens is 205 g/mol. The summed E-state index contributed by atoms with van der Waals surface area (Å²) in [5.74, 6) is -2.48. The van der Waals surface area contributed by atoms with Crippen LogP contribution < -0.4 is 0 Å². The molecule has 0 aliphatic heterocycles. The van der Waals surface area contributed by atoms with Crippen LogP contribution in [0, 0.1) is 5.95 Å². The van der Waals surface area contributed by atoms with Gasteiger partial charge in [-0.25, -0.2) is 9.78 Å². The Morgan fingerprint density at radius 1 is 1.67 bits per heavy atom. The highest BCUT2D eigenvalue weighted by atomic mass is 19.1. The Balaban J connectivity index is 2.77. The lowest BCUT2D eigenvalue weighted by molar-refractivity contribution is 0.0595. The standard InChI is InChI=1S/C8H6FN3O3/c1-15-8(14)4-6-11-5(9)7(13)12(6)3-2-10-4/h2-3,13H,1H3. The Morgan fingerprint density at radius 3 is 3.07 bits per heavy atom. The summed E-state index contributed by atoms with van der Waals surface area (Å²) in [4.78, 5) is 18.3. The molecule has 0 atom stereocenters. The smallest absolute Gasteiger partial charge is 0.360 e. The number of hydrogen-bond acceptors (Lipinski definition) is 5. The first kappa shape index (κ1) is 9.38. The molecule has 0 aliphatic rings. The molecule has 7 heteroatoms. The quantitative estimate of drug-likeness (QED) is 0.689. The number of halogens is 1. The number of rotatable bonds is 1. The van der Waals surface area contributed by atoms with Gasteiger partial charge in [0.1, 0.15) is 0 Å². The third-order valence-electron chi connectivity index (χ3n) is 1.85. The highest BCUT2D eigenvalue weighted by Gasteiger charge is 2.18. The average Bonchev–Trinajstić information content (AvgIpc) is 2.54. The zero-order chi connectivity index (χ0) is 11.0. The van der Waals surface area contributed by atoms with Gasteiger partial charge in [0.05, 0.1) is 7.11 Å². The van der Waals surface area contributed by atoms with Gasteiger partial charge >= 0.3 is 5.97 Å². The third kappa shape index (κ3) is 1.28. The lowest BCUT2D eigenvalue weighted by Gasteiger charge is -1.99. The fraction of sp³-hybridized carbons (Fsp3) is 0.125. The molecule has 1 N–H and O–H groups in total. The molecule has 0 unspecified atom stereocenters. The molecule has 0 amide bonds. The van der Waals surface area contributed by atoms with Gasteiger partial charge in [0.2, 0.25) is 0 Å². The fourth-order valence-corrected chi connectivity index (χ4v) is 1.18. The number of esters is 1. The van der Waals surface area contributed by atoms with Gasteiger partial charge in [-0.05, 0) is 0 Å². The Bertz CT molecular complexity index is 537. The van der Waals surface area contributed by atoms with Crippen LogP contribution in [0.4, 0.5) is 4.39 Å². The number of nitrogens with zero attached hydrogens (tertiary/aromatic N) is 3. The minimum Gasteiger partial charge on any atom is -0.491 e. The van der Waals surface area contributed by atoms with Crippen LogP contribution in [0.1, 0.15) is 10.5 Å². The maximum Gasteiger partial charge on any atom is 0.360 e. The maximum atomic E-state index is 12.9. The summed E-state index contributed by atoms with van der Waals surface area (Å²) < 4.78 is 18.4. The van der Waals surface area contributed by atoms with E-state index in [9.17, 15) is 14.3 Å². The second-order valence-electron chi connectivity index (χ2n) is 2.69. The molecule has 0 spiro atoms. The van der Waals surface area contributed by atoms with Crippen molar-refractivity contribution in [3.05, 3.63) is 24.0 Å². The Morgan fingerprint density at radius 2 is 2.40 bits per heavy atom. The van der Waals surface area contributed by atoms with Crippen molar-refractivity contribution in [3.63, 3.8) is 0 Å². The molecule has 0 radical (unpaired) electrons. The van der Waals surface area contributed by atoms with Crippen LogP contribution in [0.2, 0.25) is 0 Å². The first-order chi connectivity index (χ1) is 7.15. The van der Waals surface area contributed by atoms with E-state index in [-0.39, 0.29) is 11.3 Å². The van der Waals surface area contributed by atoms with Gasteiger partial charge in [-0.3, -0.25) is 4.40 Å². The summed E-state index contributed by atoms with van der Waals surface area (Å²) in [6, 6.07) is 0. The number of carbonyl (C=O) groups excluding carboxylic acids is 1. The number of methoxy groups -OCH3 is 1. The van der Waals surface area contributed by atoms with Crippen LogP contribution in [-0.2, 0) is 4.74 Å². The largest absolute Gasteiger partial charge is 0.491 e. The van der Waals surface area contributed by atoms with Crippen molar-refractivity contribution in [1.82, 2.24) is 14.4 Å². The van der Waals surface area contributed by atoms with E-state index in [0.29, 0.717) is 0 Å². The van der Waals surface area contributed by atoms with Crippen LogP contribution in [0.25, 0.3) is 5.65 Å². The fourth-order valence-electron chi connectivity index (χ4n) is 1.18. The van der Waals surface area contributed by atoms with E-state index in [2.05, 4.69) is 14.7 Å². The highest BCUT2D eigenvalue weighted by molar-refractivity contribution is 5.93. The van der Waals surface area contributed by atoms with Crippen LogP contribution >= 0.6 is 0 Å².